The van der Waals surface area contributed by atoms with Crippen LogP contribution >= 0.6 is 11.3 Å². The summed E-state index contributed by atoms with van der Waals surface area (Å²) in [7, 11) is 0. The van der Waals surface area contributed by atoms with Crippen LogP contribution in [0.25, 0.3) is 10.4 Å². The normalized spacial score (nSPS) is 16.4. The minimum Gasteiger partial charge on any atom is -0.343 e. The molecule has 0 spiro atoms. The lowest BCUT2D eigenvalue weighted by Crippen LogP contribution is -2.26. The number of hydrogen-bond acceptors (Lipinski definition) is 5. The number of anilines is 2. The molecule has 0 bridgehead atoms. The number of nitrogens with one attached hydrogen (secondary N) is 1. The third kappa shape index (κ3) is 4.36. The first-order chi connectivity index (χ1) is 13.6. The van der Waals surface area contributed by atoms with E-state index in [0.717, 1.165) is 47.3 Å². The maximum absolute atomic E-state index is 13.1. The highest BCUT2D eigenvalue weighted by Gasteiger charge is 2.24. The molecule has 0 unspecified atom stereocenters. The number of carbonyl (C=O) groups is 1. The highest BCUT2D eigenvalue weighted by Crippen LogP contribution is 2.30. The van der Waals surface area contributed by atoms with E-state index >= 15 is 0 Å². The van der Waals surface area contributed by atoms with E-state index in [9.17, 15) is 9.18 Å². The van der Waals surface area contributed by atoms with E-state index in [1.165, 1.54) is 29.0 Å². The molecule has 1 saturated heterocycles. The molecule has 1 N–H and O–H groups in total. The molecule has 2 aromatic heterocycles. The smallest absolute Gasteiger partial charge is 0.219 e. The van der Waals surface area contributed by atoms with Crippen molar-refractivity contribution in [1.29, 1.82) is 0 Å². The molecule has 1 amide bonds. The molecule has 1 fully saturated rings. The van der Waals surface area contributed by atoms with Crippen molar-refractivity contribution in [1.82, 2.24) is 14.9 Å². The van der Waals surface area contributed by atoms with E-state index in [0.29, 0.717) is 5.92 Å². The van der Waals surface area contributed by atoms with Crippen LogP contribution in [-0.4, -0.2) is 33.9 Å². The van der Waals surface area contributed by atoms with Gasteiger partial charge in [-0.1, -0.05) is 29.5 Å². The number of aromatic nitrogens is 2. The molecule has 4 rings (SSSR count). The van der Waals surface area contributed by atoms with Gasteiger partial charge in [0.1, 0.15) is 11.6 Å². The number of amides is 1. The van der Waals surface area contributed by atoms with Gasteiger partial charge in [0.05, 0.1) is 4.88 Å². The van der Waals surface area contributed by atoms with E-state index < -0.39 is 0 Å². The predicted octanol–water partition coefficient (Wildman–Crippen LogP) is 4.50. The average Bonchev–Trinajstić information content (AvgIpc) is 3.34. The first-order valence-corrected chi connectivity index (χ1v) is 10.1. The quantitative estimate of drug-likeness (QED) is 0.690. The third-order valence-electron chi connectivity index (χ3n) is 4.95. The Kier molecular flexibility index (Phi) is 5.34. The van der Waals surface area contributed by atoms with E-state index in [1.54, 1.807) is 25.3 Å². The van der Waals surface area contributed by atoms with Crippen LogP contribution < -0.4 is 5.32 Å². The molecule has 1 aromatic carbocycles. The van der Waals surface area contributed by atoms with Crippen molar-refractivity contribution in [3.63, 3.8) is 0 Å². The van der Waals surface area contributed by atoms with E-state index in [1.807, 2.05) is 17.2 Å². The maximum atomic E-state index is 13.1. The number of rotatable bonds is 5. The summed E-state index contributed by atoms with van der Waals surface area (Å²) in [4.78, 5) is 23.2. The van der Waals surface area contributed by atoms with Crippen molar-refractivity contribution in [2.45, 2.75) is 19.8 Å². The van der Waals surface area contributed by atoms with Crippen molar-refractivity contribution in [3.8, 4) is 10.4 Å². The van der Waals surface area contributed by atoms with E-state index in [2.05, 4.69) is 21.4 Å². The molecule has 1 aliphatic rings. The Morgan fingerprint density at radius 2 is 2.04 bits per heavy atom. The van der Waals surface area contributed by atoms with Gasteiger partial charge >= 0.3 is 0 Å². The van der Waals surface area contributed by atoms with Crippen molar-refractivity contribution in [2.75, 3.05) is 18.4 Å². The van der Waals surface area contributed by atoms with Gasteiger partial charge in [-0.05, 0) is 48.1 Å². The van der Waals surface area contributed by atoms with Gasteiger partial charge in [-0.25, -0.2) is 14.4 Å². The van der Waals surface area contributed by atoms with Crippen LogP contribution in [-0.2, 0) is 11.2 Å². The summed E-state index contributed by atoms with van der Waals surface area (Å²) in [5.74, 6) is 1.15. The molecule has 1 atom stereocenters. The van der Waals surface area contributed by atoms with Gasteiger partial charge in [-0.3, -0.25) is 4.79 Å². The minimum absolute atomic E-state index is 0.156. The van der Waals surface area contributed by atoms with E-state index in [-0.39, 0.29) is 11.7 Å². The molecular formula is C21H21FN4OS. The largest absolute Gasteiger partial charge is 0.343 e. The van der Waals surface area contributed by atoms with Crippen LogP contribution in [0.3, 0.4) is 0 Å². The lowest BCUT2D eigenvalue weighted by atomic mass is 10.00. The molecule has 28 heavy (non-hydrogen) atoms. The summed E-state index contributed by atoms with van der Waals surface area (Å²) >= 11 is 1.50. The molecule has 0 saturated carbocycles. The second kappa shape index (κ2) is 8.06. The molecule has 5 nitrogen and oxygen atoms in total. The predicted molar refractivity (Wildman–Crippen MR) is 109 cm³/mol. The number of thiazole rings is 1. The Hall–Kier alpha value is -2.80. The fourth-order valence-electron chi connectivity index (χ4n) is 3.43. The van der Waals surface area contributed by atoms with Crippen LogP contribution in [0.4, 0.5) is 15.3 Å². The standard InChI is InChI=1S/C21H21FN4OS/c1-14(27)26-9-8-16(13-26)10-15-2-7-20(23-11-15)25-21-24-12-19(28-21)17-3-5-18(22)6-4-17/h2-7,11-12,16H,8-10,13H2,1H3,(H,23,24,25)/t16-/m1/s1. The molecule has 7 heteroatoms. The van der Waals surface area contributed by atoms with Crippen LogP contribution in [0.15, 0.2) is 48.8 Å². The van der Waals surface area contributed by atoms with Gasteiger partial charge in [0.15, 0.2) is 5.13 Å². The minimum atomic E-state index is -0.248. The molecule has 144 valence electrons. The lowest BCUT2D eigenvalue weighted by Gasteiger charge is -2.14. The highest BCUT2D eigenvalue weighted by molar-refractivity contribution is 7.18. The molecule has 0 aliphatic carbocycles. The maximum Gasteiger partial charge on any atom is 0.219 e. The van der Waals surface area contributed by atoms with Crippen molar-refractivity contribution in [2.24, 2.45) is 5.92 Å². The zero-order valence-electron chi connectivity index (χ0n) is 15.6. The zero-order chi connectivity index (χ0) is 19.5. The van der Waals surface area contributed by atoms with Crippen LogP contribution in [0, 0.1) is 11.7 Å². The van der Waals surface area contributed by atoms with Gasteiger partial charge < -0.3 is 10.2 Å². The number of nitrogens with zero attached hydrogens (tertiary/aromatic N) is 3. The fourth-order valence-corrected chi connectivity index (χ4v) is 4.26. The summed E-state index contributed by atoms with van der Waals surface area (Å²) in [5.41, 5.74) is 2.11. The number of pyridine rings is 1. The highest BCUT2D eigenvalue weighted by atomic mass is 32.1. The number of carbonyl (C=O) groups excluding carboxylic acids is 1. The van der Waals surface area contributed by atoms with Crippen LogP contribution in [0.2, 0.25) is 0 Å². The number of benzene rings is 1. The van der Waals surface area contributed by atoms with Crippen LogP contribution in [0.5, 0.6) is 0 Å². The molecule has 1 aliphatic heterocycles. The molecule has 3 heterocycles. The number of hydrogen-bond donors (Lipinski definition) is 1. The third-order valence-corrected chi connectivity index (χ3v) is 5.91. The summed E-state index contributed by atoms with van der Waals surface area (Å²) in [5, 5.41) is 3.96. The van der Waals surface area contributed by atoms with Crippen molar-refractivity contribution >= 4 is 28.2 Å². The first-order valence-electron chi connectivity index (χ1n) is 9.26. The Balaban J connectivity index is 1.36. The summed E-state index contributed by atoms with van der Waals surface area (Å²) in [6, 6.07) is 10.4. The Morgan fingerprint density at radius 3 is 2.71 bits per heavy atom. The van der Waals surface area contributed by atoms with Gasteiger partial charge in [0.2, 0.25) is 5.91 Å². The summed E-state index contributed by atoms with van der Waals surface area (Å²) in [6.45, 7) is 3.32. The van der Waals surface area contributed by atoms with Crippen molar-refractivity contribution in [3.05, 3.63) is 60.2 Å². The van der Waals surface area contributed by atoms with Crippen molar-refractivity contribution < 1.29 is 9.18 Å². The van der Waals surface area contributed by atoms with Gasteiger partial charge in [-0.15, -0.1) is 0 Å². The average molecular weight is 396 g/mol. The molecule has 3 aromatic rings. The lowest BCUT2D eigenvalue weighted by molar-refractivity contribution is -0.127. The van der Waals surface area contributed by atoms with Gasteiger partial charge in [0, 0.05) is 32.4 Å². The molecule has 0 radical (unpaired) electrons. The Bertz CT molecular complexity index is 955. The second-order valence-electron chi connectivity index (χ2n) is 7.04. The Morgan fingerprint density at radius 1 is 1.21 bits per heavy atom. The van der Waals surface area contributed by atoms with Gasteiger partial charge in [-0.2, -0.15) is 0 Å². The molecular weight excluding hydrogens is 375 g/mol. The zero-order valence-corrected chi connectivity index (χ0v) is 16.4. The summed E-state index contributed by atoms with van der Waals surface area (Å²) < 4.78 is 13.1. The Labute approximate surface area is 167 Å². The van der Waals surface area contributed by atoms with Crippen LogP contribution in [0.1, 0.15) is 18.9 Å². The monoisotopic (exact) mass is 396 g/mol. The number of likely N-dealkylation sites (tertiary alicyclic amines) is 1. The SMILES string of the molecule is CC(=O)N1CC[C@H](Cc2ccc(Nc3ncc(-c4ccc(F)cc4)s3)nc2)C1. The fraction of sp³-hybridized carbons (Fsp3) is 0.286. The summed E-state index contributed by atoms with van der Waals surface area (Å²) in [6.07, 6.45) is 5.64. The number of halogens is 1. The van der Waals surface area contributed by atoms with E-state index in [4.69, 9.17) is 0 Å². The first kappa shape index (κ1) is 18.6. The van der Waals surface area contributed by atoms with Gasteiger partial charge in [0.25, 0.3) is 0 Å². The topological polar surface area (TPSA) is 58.1 Å². The second-order valence-corrected chi connectivity index (χ2v) is 8.07.